The Labute approximate surface area is 187 Å². The molecule has 0 saturated heterocycles. The number of carbonyl (C=O) groups excluding carboxylic acids is 2. The number of hydrogen-bond donors (Lipinski definition) is 2. The van der Waals surface area contributed by atoms with Crippen molar-refractivity contribution in [1.82, 2.24) is 9.62 Å². The van der Waals surface area contributed by atoms with Gasteiger partial charge in [0.2, 0.25) is 11.8 Å². The number of benzene rings is 2. The van der Waals surface area contributed by atoms with Gasteiger partial charge in [0, 0.05) is 13.1 Å². The van der Waals surface area contributed by atoms with Crippen molar-refractivity contribution in [2.45, 2.75) is 20.3 Å². The van der Waals surface area contributed by atoms with Crippen LogP contribution < -0.4 is 4.72 Å². The summed E-state index contributed by atoms with van der Waals surface area (Å²) in [6.07, 6.45) is 1.28. The lowest BCUT2D eigenvalue weighted by Crippen LogP contribution is -2.45. The second-order valence-corrected chi connectivity index (χ2v) is 8.56. The minimum absolute atomic E-state index is 0.0680. The van der Waals surface area contributed by atoms with Gasteiger partial charge in [-0.3, -0.25) is 9.59 Å². The Morgan fingerprint density at radius 1 is 1.00 bits per heavy atom. The first-order valence-electron chi connectivity index (χ1n) is 10.1. The number of nitrogens with zero attached hydrogens (tertiary/aromatic N) is 1. The van der Waals surface area contributed by atoms with Crippen molar-refractivity contribution in [3.63, 3.8) is 0 Å². The molecule has 1 atom stereocenters. The molecular weight excluding hydrogens is 432 g/mol. The fraction of sp³-hybridized carbons (Fsp3) is 0.261. The highest BCUT2D eigenvalue weighted by Gasteiger charge is 2.32. The third-order valence-corrected chi connectivity index (χ3v) is 5.79. The van der Waals surface area contributed by atoms with E-state index in [2.05, 4.69) is 0 Å². The van der Waals surface area contributed by atoms with E-state index in [0.29, 0.717) is 24.2 Å². The van der Waals surface area contributed by atoms with Crippen LogP contribution in [0.3, 0.4) is 0 Å². The van der Waals surface area contributed by atoms with Crippen molar-refractivity contribution in [1.29, 1.82) is 0 Å². The molecule has 0 fully saturated rings. The summed E-state index contributed by atoms with van der Waals surface area (Å²) in [4.78, 5) is 38.3. The molecule has 2 aromatic rings. The van der Waals surface area contributed by atoms with Gasteiger partial charge < -0.3 is 10.0 Å². The summed E-state index contributed by atoms with van der Waals surface area (Å²) in [6, 6.07) is 14.5. The lowest BCUT2D eigenvalue weighted by Gasteiger charge is -2.24. The Hall–Kier alpha value is -3.46. The Morgan fingerprint density at radius 2 is 1.59 bits per heavy atom. The van der Waals surface area contributed by atoms with E-state index in [-0.39, 0.29) is 12.0 Å². The molecule has 0 aromatic heterocycles. The zero-order valence-corrected chi connectivity index (χ0v) is 18.7. The van der Waals surface area contributed by atoms with E-state index in [1.807, 2.05) is 4.72 Å². The molecule has 0 aliphatic carbocycles. The zero-order chi connectivity index (χ0) is 23.7. The number of aromatic carboxylic acids is 1. The molecule has 2 aromatic carbocycles. The summed E-state index contributed by atoms with van der Waals surface area (Å²) < 4.78 is 26.8. The van der Waals surface area contributed by atoms with Gasteiger partial charge in [0.15, 0.2) is 0 Å². The number of nitrogens with one attached hydrogen (secondary N) is 1. The highest BCUT2D eigenvalue weighted by atomic mass is 32.2. The lowest BCUT2D eigenvalue weighted by molar-refractivity contribution is -0.141. The van der Waals surface area contributed by atoms with Crippen LogP contribution in [0.1, 0.15) is 35.3 Å². The largest absolute Gasteiger partial charge is 0.478 e. The van der Waals surface area contributed by atoms with Crippen molar-refractivity contribution >= 4 is 33.9 Å². The van der Waals surface area contributed by atoms with E-state index in [0.717, 1.165) is 5.41 Å². The molecule has 2 amide bonds. The summed E-state index contributed by atoms with van der Waals surface area (Å²) in [5.41, 5.74) is 1.24. The fourth-order valence-electron chi connectivity index (χ4n) is 3.04. The molecular formula is C23H26N2O6S. The van der Waals surface area contributed by atoms with Crippen LogP contribution in [0.5, 0.6) is 0 Å². The van der Waals surface area contributed by atoms with Gasteiger partial charge in [-0.25, -0.2) is 17.9 Å². The maximum atomic E-state index is 12.9. The maximum Gasteiger partial charge on any atom is 0.335 e. The third kappa shape index (κ3) is 7.05. The van der Waals surface area contributed by atoms with Crippen molar-refractivity contribution < 1.29 is 27.9 Å². The summed E-state index contributed by atoms with van der Waals surface area (Å²) in [5, 5.41) is 9.91. The smallest absolute Gasteiger partial charge is 0.335 e. The van der Waals surface area contributed by atoms with E-state index in [1.165, 1.54) is 35.2 Å². The van der Waals surface area contributed by atoms with Crippen LogP contribution in [0, 0.1) is 5.92 Å². The van der Waals surface area contributed by atoms with E-state index in [9.17, 15) is 22.8 Å². The lowest BCUT2D eigenvalue weighted by atomic mass is 9.96. The molecule has 170 valence electrons. The molecule has 0 spiro atoms. The number of carboxylic acid groups (broad SMARTS) is 1. The van der Waals surface area contributed by atoms with E-state index in [1.54, 1.807) is 44.2 Å². The average molecular weight is 459 g/mol. The van der Waals surface area contributed by atoms with Crippen molar-refractivity contribution in [3.05, 3.63) is 76.7 Å². The summed E-state index contributed by atoms with van der Waals surface area (Å²) in [6.45, 7) is 4.24. The van der Waals surface area contributed by atoms with Crippen LogP contribution in [-0.4, -0.2) is 49.3 Å². The standard InChI is InChI=1S/C23H26N2O6S/c1-3-25(4-2)22(27)20(16-18-10-12-19(13-11-18)23(28)29)21(26)24-32(30,31)15-14-17-8-6-5-7-9-17/h5-15,20H,3-4,16H2,1-2H3,(H,24,26)(H,28,29)/b15-14+. The normalized spacial score (nSPS) is 12.3. The Kier molecular flexibility index (Phi) is 8.71. The van der Waals surface area contributed by atoms with Gasteiger partial charge in [0.1, 0.15) is 5.92 Å². The first-order chi connectivity index (χ1) is 15.2. The first kappa shape index (κ1) is 24.8. The highest BCUT2D eigenvalue weighted by Crippen LogP contribution is 2.15. The van der Waals surface area contributed by atoms with Gasteiger partial charge in [-0.1, -0.05) is 42.5 Å². The van der Waals surface area contributed by atoms with Gasteiger partial charge in [-0.15, -0.1) is 0 Å². The summed E-state index contributed by atoms with van der Waals surface area (Å²) in [7, 11) is -4.14. The fourth-order valence-corrected chi connectivity index (χ4v) is 3.87. The Bertz CT molecular complexity index is 1080. The molecule has 0 heterocycles. The molecule has 0 aliphatic heterocycles. The first-order valence-corrected chi connectivity index (χ1v) is 11.6. The molecule has 0 bridgehead atoms. The monoisotopic (exact) mass is 458 g/mol. The van der Waals surface area contributed by atoms with Gasteiger partial charge >= 0.3 is 5.97 Å². The molecule has 32 heavy (non-hydrogen) atoms. The van der Waals surface area contributed by atoms with Crippen molar-refractivity contribution in [2.24, 2.45) is 5.92 Å². The number of rotatable bonds is 10. The average Bonchev–Trinajstić information content (AvgIpc) is 2.77. The molecule has 2 rings (SSSR count). The third-order valence-electron chi connectivity index (χ3n) is 4.81. The molecule has 0 aliphatic rings. The van der Waals surface area contributed by atoms with Gasteiger partial charge in [0.25, 0.3) is 10.0 Å². The second-order valence-electron chi connectivity index (χ2n) is 6.99. The molecule has 8 nitrogen and oxygen atoms in total. The van der Waals surface area contributed by atoms with Crippen LogP contribution in [0.25, 0.3) is 6.08 Å². The number of amides is 2. The number of hydrogen-bond acceptors (Lipinski definition) is 5. The van der Waals surface area contributed by atoms with Gasteiger partial charge in [-0.05, 0) is 49.6 Å². The minimum atomic E-state index is -4.14. The molecule has 0 radical (unpaired) electrons. The highest BCUT2D eigenvalue weighted by molar-refractivity contribution is 7.93. The Balaban J connectivity index is 2.25. The predicted molar refractivity (Wildman–Crippen MR) is 121 cm³/mol. The van der Waals surface area contributed by atoms with Crippen molar-refractivity contribution in [3.8, 4) is 0 Å². The summed E-state index contributed by atoms with van der Waals surface area (Å²) in [5.74, 6) is -3.83. The molecule has 1 unspecified atom stereocenters. The van der Waals surface area contributed by atoms with Gasteiger partial charge in [-0.2, -0.15) is 0 Å². The summed E-state index contributed by atoms with van der Waals surface area (Å²) >= 11 is 0. The van der Waals surface area contributed by atoms with Crippen LogP contribution in [0.2, 0.25) is 0 Å². The quantitative estimate of drug-likeness (QED) is 0.528. The van der Waals surface area contributed by atoms with E-state index >= 15 is 0 Å². The van der Waals surface area contributed by atoms with Crippen LogP contribution in [0.4, 0.5) is 0 Å². The zero-order valence-electron chi connectivity index (χ0n) is 17.9. The second kappa shape index (κ2) is 11.2. The Morgan fingerprint density at radius 3 is 2.12 bits per heavy atom. The number of carboxylic acids is 1. The molecule has 2 N–H and O–H groups in total. The van der Waals surface area contributed by atoms with Crippen LogP contribution in [0.15, 0.2) is 60.0 Å². The van der Waals surface area contributed by atoms with Crippen LogP contribution in [-0.2, 0) is 26.0 Å². The maximum absolute atomic E-state index is 12.9. The van der Waals surface area contributed by atoms with E-state index in [4.69, 9.17) is 5.11 Å². The number of carbonyl (C=O) groups is 3. The minimum Gasteiger partial charge on any atom is -0.478 e. The molecule has 0 saturated carbocycles. The van der Waals surface area contributed by atoms with E-state index < -0.39 is 33.7 Å². The van der Waals surface area contributed by atoms with Gasteiger partial charge in [0.05, 0.1) is 11.0 Å². The predicted octanol–water partition coefficient (Wildman–Crippen LogP) is 2.53. The SMILES string of the molecule is CCN(CC)C(=O)C(Cc1ccc(C(=O)O)cc1)C(=O)NS(=O)(=O)/C=C/c1ccccc1. The molecule has 9 heteroatoms. The number of sulfonamides is 1. The topological polar surface area (TPSA) is 121 Å². The van der Waals surface area contributed by atoms with Crippen LogP contribution >= 0.6 is 0 Å². The van der Waals surface area contributed by atoms with Crippen molar-refractivity contribution in [2.75, 3.05) is 13.1 Å².